The van der Waals surface area contributed by atoms with E-state index in [1.807, 2.05) is 12.1 Å². The molecule has 0 unspecified atom stereocenters. The van der Waals surface area contributed by atoms with Crippen LogP contribution >= 0.6 is 11.6 Å². The van der Waals surface area contributed by atoms with Crippen LogP contribution in [0.1, 0.15) is 37.5 Å². The zero-order valence-corrected chi connectivity index (χ0v) is 16.6. The van der Waals surface area contributed by atoms with Gasteiger partial charge >= 0.3 is 0 Å². The SMILES string of the molecule is CN1CCCN(c2ccc(-c3noc([C@H]4CCCOCC4)n3)cc2Cl)CC1. The molecule has 0 bridgehead atoms. The summed E-state index contributed by atoms with van der Waals surface area (Å²) in [7, 11) is 2.17. The van der Waals surface area contributed by atoms with Crippen molar-refractivity contribution in [2.24, 2.45) is 0 Å². The highest BCUT2D eigenvalue weighted by molar-refractivity contribution is 6.33. The van der Waals surface area contributed by atoms with Crippen LogP contribution in [0.15, 0.2) is 22.7 Å². The van der Waals surface area contributed by atoms with Crippen molar-refractivity contribution in [3.63, 3.8) is 0 Å². The zero-order chi connectivity index (χ0) is 18.6. The number of hydrogen-bond donors (Lipinski definition) is 0. The molecule has 1 aromatic heterocycles. The number of hydrogen-bond acceptors (Lipinski definition) is 6. The Morgan fingerprint density at radius 1 is 1.07 bits per heavy atom. The second-order valence-electron chi connectivity index (χ2n) is 7.51. The summed E-state index contributed by atoms with van der Waals surface area (Å²) in [5.41, 5.74) is 1.98. The van der Waals surface area contributed by atoms with E-state index in [4.69, 9.17) is 20.9 Å². The van der Waals surface area contributed by atoms with E-state index in [2.05, 4.69) is 33.1 Å². The van der Waals surface area contributed by atoms with E-state index >= 15 is 0 Å². The van der Waals surface area contributed by atoms with Gasteiger partial charge in [-0.3, -0.25) is 0 Å². The van der Waals surface area contributed by atoms with Gasteiger partial charge < -0.3 is 19.1 Å². The number of anilines is 1. The van der Waals surface area contributed by atoms with Gasteiger partial charge in [-0.25, -0.2) is 0 Å². The van der Waals surface area contributed by atoms with Gasteiger partial charge in [0.05, 0.1) is 10.7 Å². The van der Waals surface area contributed by atoms with Crippen LogP contribution in [0.3, 0.4) is 0 Å². The molecule has 0 amide bonds. The minimum atomic E-state index is 0.289. The fourth-order valence-corrected chi connectivity index (χ4v) is 4.16. The van der Waals surface area contributed by atoms with Gasteiger partial charge in [0.25, 0.3) is 0 Å². The van der Waals surface area contributed by atoms with Gasteiger partial charge in [-0.15, -0.1) is 0 Å². The van der Waals surface area contributed by atoms with Crippen LogP contribution in [0.25, 0.3) is 11.4 Å². The Kier molecular flexibility index (Phi) is 5.95. The summed E-state index contributed by atoms with van der Waals surface area (Å²) in [5, 5.41) is 4.94. The molecule has 2 aliphatic rings. The van der Waals surface area contributed by atoms with Crippen LogP contribution in [0.2, 0.25) is 5.02 Å². The van der Waals surface area contributed by atoms with Gasteiger partial charge in [0.15, 0.2) is 0 Å². The van der Waals surface area contributed by atoms with E-state index in [1.54, 1.807) is 0 Å². The topological polar surface area (TPSA) is 54.6 Å². The van der Waals surface area contributed by atoms with Crippen molar-refractivity contribution < 1.29 is 9.26 Å². The molecule has 0 N–H and O–H groups in total. The lowest BCUT2D eigenvalue weighted by molar-refractivity contribution is 0.142. The molecule has 2 aromatic rings. The van der Waals surface area contributed by atoms with E-state index in [-0.39, 0.29) is 5.92 Å². The van der Waals surface area contributed by atoms with Gasteiger partial charge in [-0.05, 0) is 57.5 Å². The number of rotatable bonds is 3. The lowest BCUT2D eigenvalue weighted by Gasteiger charge is -2.24. The Balaban J connectivity index is 1.50. The summed E-state index contributed by atoms with van der Waals surface area (Å²) >= 11 is 6.62. The predicted octanol–water partition coefficient (Wildman–Crippen LogP) is 3.82. The van der Waals surface area contributed by atoms with Gasteiger partial charge in [0.1, 0.15) is 0 Å². The van der Waals surface area contributed by atoms with Crippen LogP contribution in [-0.2, 0) is 4.74 Å². The number of ether oxygens (including phenoxy) is 1. The molecule has 0 aliphatic carbocycles. The highest BCUT2D eigenvalue weighted by Crippen LogP contribution is 2.32. The van der Waals surface area contributed by atoms with Crippen LogP contribution in [-0.4, -0.2) is 61.5 Å². The minimum absolute atomic E-state index is 0.289. The lowest BCUT2D eigenvalue weighted by Crippen LogP contribution is -2.28. The summed E-state index contributed by atoms with van der Waals surface area (Å²) in [5.74, 6) is 1.61. The van der Waals surface area contributed by atoms with E-state index < -0.39 is 0 Å². The van der Waals surface area contributed by atoms with Crippen molar-refractivity contribution in [2.45, 2.75) is 31.6 Å². The molecular weight excluding hydrogens is 364 g/mol. The molecule has 3 heterocycles. The predicted molar refractivity (Wildman–Crippen MR) is 106 cm³/mol. The Hall–Kier alpha value is -1.63. The van der Waals surface area contributed by atoms with Gasteiger partial charge in [0, 0.05) is 44.3 Å². The summed E-state index contributed by atoms with van der Waals surface area (Å²) in [6.07, 6.45) is 4.15. The third kappa shape index (κ3) is 4.45. The van der Waals surface area contributed by atoms with Crippen molar-refractivity contribution in [1.82, 2.24) is 15.0 Å². The summed E-state index contributed by atoms with van der Waals surface area (Å²) in [6.45, 7) is 5.78. The monoisotopic (exact) mass is 390 g/mol. The number of likely N-dealkylation sites (N-methyl/N-ethyl adjacent to an activating group) is 1. The van der Waals surface area contributed by atoms with E-state index in [9.17, 15) is 0 Å². The average molecular weight is 391 g/mol. The average Bonchev–Trinajstić information content (AvgIpc) is 2.86. The Morgan fingerprint density at radius 3 is 2.89 bits per heavy atom. The third-order valence-electron chi connectivity index (χ3n) is 5.51. The quantitative estimate of drug-likeness (QED) is 0.794. The maximum absolute atomic E-state index is 6.62. The summed E-state index contributed by atoms with van der Waals surface area (Å²) in [4.78, 5) is 9.37. The van der Waals surface area contributed by atoms with Crippen LogP contribution < -0.4 is 4.90 Å². The Morgan fingerprint density at radius 2 is 2.00 bits per heavy atom. The molecule has 27 heavy (non-hydrogen) atoms. The molecular formula is C20H27ClN4O2. The van der Waals surface area contributed by atoms with Crippen molar-refractivity contribution >= 4 is 17.3 Å². The molecule has 1 aromatic carbocycles. The first kappa shape index (κ1) is 18.7. The van der Waals surface area contributed by atoms with Gasteiger partial charge in [-0.1, -0.05) is 16.8 Å². The Labute approximate surface area is 165 Å². The molecule has 4 rings (SSSR count). The third-order valence-corrected chi connectivity index (χ3v) is 5.81. The highest BCUT2D eigenvalue weighted by atomic mass is 35.5. The largest absolute Gasteiger partial charge is 0.381 e. The van der Waals surface area contributed by atoms with Crippen LogP contribution in [0, 0.1) is 0 Å². The normalized spacial score (nSPS) is 22.4. The van der Waals surface area contributed by atoms with Crippen molar-refractivity contribution in [1.29, 1.82) is 0 Å². The van der Waals surface area contributed by atoms with Crippen molar-refractivity contribution in [3.8, 4) is 11.4 Å². The molecule has 2 aliphatic heterocycles. The van der Waals surface area contributed by atoms with Crippen molar-refractivity contribution in [2.75, 3.05) is 51.3 Å². The van der Waals surface area contributed by atoms with Crippen molar-refractivity contribution in [3.05, 3.63) is 29.1 Å². The number of benzene rings is 1. The molecule has 7 heteroatoms. The molecule has 6 nitrogen and oxygen atoms in total. The first-order valence-electron chi connectivity index (χ1n) is 9.85. The number of halogens is 1. The standard InChI is InChI=1S/C20H27ClN4O2/c1-24-8-3-9-25(11-10-24)18-6-5-16(14-17(18)21)19-22-20(27-23-19)15-4-2-12-26-13-7-15/h5-6,14-15H,2-4,7-13H2,1H3/t15-/m0/s1. The molecule has 2 fully saturated rings. The summed E-state index contributed by atoms with van der Waals surface area (Å²) in [6, 6.07) is 6.08. The zero-order valence-electron chi connectivity index (χ0n) is 15.9. The fraction of sp³-hybridized carbons (Fsp3) is 0.600. The van der Waals surface area contributed by atoms with Crippen LogP contribution in [0.4, 0.5) is 5.69 Å². The van der Waals surface area contributed by atoms with Crippen LogP contribution in [0.5, 0.6) is 0 Å². The van der Waals surface area contributed by atoms with Gasteiger partial charge in [0.2, 0.25) is 11.7 Å². The van der Waals surface area contributed by atoms with E-state index in [0.29, 0.717) is 11.7 Å². The molecule has 1 atom stereocenters. The smallest absolute Gasteiger partial charge is 0.230 e. The maximum Gasteiger partial charge on any atom is 0.230 e. The molecule has 2 saturated heterocycles. The number of nitrogens with zero attached hydrogens (tertiary/aromatic N) is 4. The molecule has 0 spiro atoms. The van der Waals surface area contributed by atoms with E-state index in [0.717, 1.165) is 81.3 Å². The fourth-order valence-electron chi connectivity index (χ4n) is 3.86. The lowest BCUT2D eigenvalue weighted by atomic mass is 10.0. The number of aromatic nitrogens is 2. The van der Waals surface area contributed by atoms with Gasteiger partial charge in [-0.2, -0.15) is 4.98 Å². The minimum Gasteiger partial charge on any atom is -0.381 e. The molecule has 0 saturated carbocycles. The molecule has 0 radical (unpaired) electrons. The first-order valence-corrected chi connectivity index (χ1v) is 10.2. The van der Waals surface area contributed by atoms with E-state index in [1.165, 1.54) is 0 Å². The second kappa shape index (κ2) is 8.59. The first-order chi connectivity index (χ1) is 13.2. The highest BCUT2D eigenvalue weighted by Gasteiger charge is 2.22. The second-order valence-corrected chi connectivity index (χ2v) is 7.91. The Bertz CT molecular complexity index is 758. The molecule has 146 valence electrons. The maximum atomic E-state index is 6.62. The summed E-state index contributed by atoms with van der Waals surface area (Å²) < 4.78 is 11.1.